The Kier molecular flexibility index (Phi) is 2.86. The molecule has 0 bridgehead atoms. The number of halogens is 1. The number of hydrogen-bond acceptors (Lipinski definition) is 4. The topological polar surface area (TPSA) is 82.1 Å². The predicted molar refractivity (Wildman–Crippen MR) is 57.3 cm³/mol. The van der Waals surface area contributed by atoms with Crippen molar-refractivity contribution in [1.82, 2.24) is 7.12 Å². The molecule has 0 saturated heterocycles. The van der Waals surface area contributed by atoms with E-state index in [0.717, 1.165) is 7.12 Å². The maximum Gasteiger partial charge on any atom is 0.344 e. The number of rotatable bonds is 1. The first-order chi connectivity index (χ1) is 5.57. The highest BCUT2D eigenvalue weighted by Gasteiger charge is 2.04. The summed E-state index contributed by atoms with van der Waals surface area (Å²) in [5.74, 6) is 5.32. The minimum atomic E-state index is -0.457. The zero-order valence-electron chi connectivity index (χ0n) is 5.82. The quantitative estimate of drug-likeness (QED) is 0.306. The highest BCUT2D eigenvalue weighted by Crippen LogP contribution is 2.02. The van der Waals surface area contributed by atoms with Crippen LogP contribution in [0.2, 0.25) is 0 Å². The van der Waals surface area contributed by atoms with Gasteiger partial charge in [-0.05, 0) is 9.39 Å². The molecule has 1 rings (SSSR count). The molecule has 1 atom stereocenters. The molecule has 0 fully saturated rings. The average molecular weight is 300 g/mol. The minimum absolute atomic E-state index is 0.253. The number of anilines is 1. The van der Waals surface area contributed by atoms with E-state index >= 15 is 0 Å². The van der Waals surface area contributed by atoms with Crippen LogP contribution in [-0.4, -0.2) is 7.12 Å². The number of hydrogen-bond donors (Lipinski definition) is 2. The molecule has 0 spiro atoms. The van der Waals surface area contributed by atoms with E-state index in [4.69, 9.17) is 5.84 Å². The first kappa shape index (κ1) is 9.69. The van der Waals surface area contributed by atoms with Gasteiger partial charge in [-0.3, -0.25) is 9.13 Å². The van der Waals surface area contributed by atoms with Crippen molar-refractivity contribution in [2.45, 2.75) is 0 Å². The van der Waals surface area contributed by atoms with Crippen LogP contribution in [0.1, 0.15) is 0 Å². The van der Waals surface area contributed by atoms with E-state index in [1.807, 2.05) is 0 Å². The molecule has 6 nitrogen and oxygen atoms in total. The van der Waals surface area contributed by atoms with Gasteiger partial charge in [-0.2, -0.15) is 2.78 Å². The molecule has 1 aromatic rings. The number of nitrogen functional groups attached to an aromatic ring is 1. The van der Waals surface area contributed by atoms with Crippen LogP contribution in [0, 0.1) is 0 Å². The summed E-state index contributed by atoms with van der Waals surface area (Å²) >= 11 is 1.62. The molecule has 1 heterocycles. The zero-order chi connectivity index (χ0) is 9.30. The van der Waals surface area contributed by atoms with Gasteiger partial charge < -0.3 is 5.43 Å². The first-order valence-corrected chi connectivity index (χ1v) is 4.33. The van der Waals surface area contributed by atoms with Crippen molar-refractivity contribution in [2.75, 3.05) is 5.43 Å². The van der Waals surface area contributed by atoms with Gasteiger partial charge in [0.1, 0.15) is 5.82 Å². The Bertz CT molecular complexity index is 410. The van der Waals surface area contributed by atoms with Crippen molar-refractivity contribution in [3.05, 3.63) is 26.9 Å². The third kappa shape index (κ3) is 1.52. The fraction of sp³-hybridized carbons (Fsp3) is 0. The second-order valence-corrected chi connectivity index (χ2v) is 3.43. The monoisotopic (exact) mass is 300 g/mol. The summed E-state index contributed by atoms with van der Waals surface area (Å²) < 4.78 is 2.11. The van der Waals surface area contributed by atoms with Gasteiger partial charge in [0.2, 0.25) is 0 Å². The molecule has 0 amide bonds. The Hall–Kier alpha value is -0.400. The van der Waals surface area contributed by atoms with E-state index in [-0.39, 0.29) is 5.82 Å². The van der Waals surface area contributed by atoms with Crippen molar-refractivity contribution < 1.29 is 0 Å². The van der Waals surface area contributed by atoms with Gasteiger partial charge in [0, 0.05) is 6.07 Å². The molecule has 12 heavy (non-hydrogen) atoms. The normalized spacial score (nSPS) is 9.92. The second-order valence-electron chi connectivity index (χ2n) is 1.95. The molecule has 1 unspecified atom stereocenters. The predicted octanol–water partition coefficient (Wildman–Crippen LogP) is -0.868. The summed E-state index contributed by atoms with van der Waals surface area (Å²) in [6.45, 7) is 0. The van der Waals surface area contributed by atoms with E-state index in [1.54, 1.807) is 22.9 Å². The van der Waals surface area contributed by atoms with Crippen LogP contribution in [0.4, 0.5) is 5.82 Å². The minimum Gasteiger partial charge on any atom is -0.309 e. The van der Waals surface area contributed by atoms with Crippen molar-refractivity contribution >= 4 is 38.1 Å². The lowest BCUT2D eigenvalue weighted by atomic mass is 10.6. The van der Waals surface area contributed by atoms with Gasteiger partial charge in [0.25, 0.3) is 5.56 Å². The Morgan fingerprint density at radius 2 is 2.17 bits per heavy atom. The van der Waals surface area contributed by atoms with E-state index in [1.165, 1.54) is 6.07 Å². The van der Waals surface area contributed by atoms with Crippen LogP contribution in [0.15, 0.2) is 15.7 Å². The smallest absolute Gasteiger partial charge is 0.309 e. The second kappa shape index (κ2) is 3.55. The molecule has 0 aliphatic rings. The van der Waals surface area contributed by atoms with E-state index < -0.39 is 11.2 Å². The summed E-state index contributed by atoms with van der Waals surface area (Å²) in [6.07, 6.45) is 0. The third-order valence-corrected chi connectivity index (χ3v) is 2.62. The van der Waals surface area contributed by atoms with Crippen LogP contribution >= 0.6 is 32.3 Å². The number of aromatic nitrogens is 2. The van der Waals surface area contributed by atoms with E-state index in [2.05, 4.69) is 14.8 Å². The number of hydrazine groups is 1. The zero-order valence-corrected chi connectivity index (χ0v) is 9.13. The van der Waals surface area contributed by atoms with Gasteiger partial charge in [0.15, 0.2) is 0 Å². The maximum atomic E-state index is 11.2. The molecule has 0 aromatic carbocycles. The van der Waals surface area contributed by atoms with Crippen LogP contribution in [-0.2, 0) is 0 Å². The average Bonchev–Trinajstić information content (AvgIpc) is 2.08. The number of nitrogens with two attached hydrogens (primary N) is 1. The lowest BCUT2D eigenvalue weighted by Crippen LogP contribution is -2.33. The van der Waals surface area contributed by atoms with Crippen LogP contribution < -0.4 is 22.5 Å². The van der Waals surface area contributed by atoms with Crippen LogP contribution in [0.25, 0.3) is 0 Å². The Balaban J connectivity index is 3.61. The van der Waals surface area contributed by atoms with Gasteiger partial charge in [0.05, 0.1) is 22.9 Å². The standard InChI is InChI=1S/C4H6IN4O2P/c5-8-3(10)1-2(7-6)9(12)4(8)11/h1,7H,6,12H2. The van der Waals surface area contributed by atoms with Gasteiger partial charge in [-0.1, -0.05) is 0 Å². The van der Waals surface area contributed by atoms with Crippen LogP contribution in [0.5, 0.6) is 0 Å². The fourth-order valence-corrected chi connectivity index (χ4v) is 1.52. The summed E-state index contributed by atoms with van der Waals surface area (Å²) in [7, 11) is 2.14. The Morgan fingerprint density at radius 1 is 1.58 bits per heavy atom. The van der Waals surface area contributed by atoms with Gasteiger partial charge >= 0.3 is 5.69 Å². The largest absolute Gasteiger partial charge is 0.344 e. The molecule has 8 heteroatoms. The summed E-state index contributed by atoms with van der Waals surface area (Å²) in [5, 5.41) is 0. The molecule has 66 valence electrons. The van der Waals surface area contributed by atoms with E-state index in [9.17, 15) is 9.59 Å². The highest BCUT2D eigenvalue weighted by molar-refractivity contribution is 14.1. The molecule has 0 saturated carbocycles. The Morgan fingerprint density at radius 3 is 2.67 bits per heavy atom. The molecule has 0 radical (unpaired) electrons. The lowest BCUT2D eigenvalue weighted by Gasteiger charge is -2.05. The molecular weight excluding hydrogens is 294 g/mol. The van der Waals surface area contributed by atoms with Crippen molar-refractivity contribution in [2.24, 2.45) is 5.84 Å². The summed E-state index contributed by atoms with van der Waals surface area (Å²) in [4.78, 5) is 22.2. The van der Waals surface area contributed by atoms with Gasteiger partial charge in [-0.15, -0.1) is 0 Å². The molecule has 0 aliphatic heterocycles. The van der Waals surface area contributed by atoms with Gasteiger partial charge in [-0.25, -0.2) is 10.6 Å². The SMILES string of the molecule is NNc1cc(=O)n(I)c(=O)n1P. The summed E-state index contributed by atoms with van der Waals surface area (Å²) in [6, 6.07) is 1.22. The number of nitrogens with zero attached hydrogens (tertiary/aromatic N) is 2. The highest BCUT2D eigenvalue weighted by atomic mass is 127. The third-order valence-electron chi connectivity index (χ3n) is 1.24. The van der Waals surface area contributed by atoms with Crippen molar-refractivity contribution in [3.63, 3.8) is 0 Å². The molecule has 3 N–H and O–H groups in total. The maximum absolute atomic E-state index is 11.2. The molecular formula is C4H6IN4O2P. The lowest BCUT2D eigenvalue weighted by molar-refractivity contribution is 0.965. The summed E-state index contributed by atoms with van der Waals surface area (Å²) in [5.41, 5.74) is 1.36. The first-order valence-electron chi connectivity index (χ1n) is 2.85. The van der Waals surface area contributed by atoms with Crippen molar-refractivity contribution in [1.29, 1.82) is 0 Å². The fourth-order valence-electron chi connectivity index (χ4n) is 0.646. The molecule has 0 aliphatic carbocycles. The van der Waals surface area contributed by atoms with Crippen LogP contribution in [0.3, 0.4) is 0 Å². The molecule has 1 aromatic heterocycles. The Labute approximate surface area is 83.5 Å². The number of nitrogens with one attached hydrogen (secondary N) is 1. The van der Waals surface area contributed by atoms with E-state index in [0.29, 0.717) is 0 Å². The van der Waals surface area contributed by atoms with Crippen molar-refractivity contribution in [3.8, 4) is 0 Å².